The molecular weight excluding hydrogens is 292 g/mol. The molecular formula is C18H16N2O3. The van der Waals surface area contributed by atoms with E-state index in [4.69, 9.17) is 4.74 Å². The van der Waals surface area contributed by atoms with Crippen molar-refractivity contribution in [2.75, 3.05) is 12.4 Å². The lowest BCUT2D eigenvalue weighted by Crippen LogP contribution is -2.51. The molecule has 0 unspecified atom stereocenters. The number of nitrogens with one attached hydrogen (secondary N) is 1. The summed E-state index contributed by atoms with van der Waals surface area (Å²) in [5.74, 6) is -0.277. The number of fused-ring (bicyclic) bond motifs is 2. The van der Waals surface area contributed by atoms with Gasteiger partial charge in [-0.1, -0.05) is 48.5 Å². The van der Waals surface area contributed by atoms with Gasteiger partial charge in [0.05, 0.1) is 6.04 Å². The molecule has 1 fully saturated rings. The van der Waals surface area contributed by atoms with Crippen LogP contribution in [0.5, 0.6) is 0 Å². The number of rotatable bonds is 1. The van der Waals surface area contributed by atoms with Crippen molar-refractivity contribution in [1.82, 2.24) is 4.90 Å². The summed E-state index contributed by atoms with van der Waals surface area (Å²) in [5.41, 5.74) is 1.18. The Hall–Kier alpha value is -2.82. The maximum absolute atomic E-state index is 12.6. The number of carbonyl (C=O) groups excluding carboxylic acids is 2. The fourth-order valence-electron chi connectivity index (χ4n) is 3.41. The van der Waals surface area contributed by atoms with Crippen LogP contribution in [0.15, 0.2) is 54.6 Å². The fraction of sp³-hybridized carbons (Fsp3) is 0.222. The lowest BCUT2D eigenvalue weighted by atomic mass is 9.84. The fourth-order valence-corrected chi connectivity index (χ4v) is 3.41. The molecule has 2 aliphatic heterocycles. The van der Waals surface area contributed by atoms with E-state index in [1.807, 2.05) is 54.6 Å². The molecule has 0 saturated carbocycles. The second-order valence-electron chi connectivity index (χ2n) is 5.94. The number of hydrogen-bond donors (Lipinski definition) is 1. The van der Waals surface area contributed by atoms with E-state index < -0.39 is 11.7 Å². The van der Waals surface area contributed by atoms with Crippen LogP contribution in [-0.2, 0) is 15.1 Å². The second-order valence-corrected chi connectivity index (χ2v) is 5.94. The van der Waals surface area contributed by atoms with Gasteiger partial charge in [0, 0.05) is 24.7 Å². The van der Waals surface area contributed by atoms with E-state index in [2.05, 4.69) is 5.32 Å². The zero-order valence-electron chi connectivity index (χ0n) is 12.7. The third-order valence-corrected chi connectivity index (χ3v) is 4.66. The van der Waals surface area contributed by atoms with Crippen molar-refractivity contribution >= 4 is 17.7 Å². The van der Waals surface area contributed by atoms with Crippen molar-refractivity contribution in [2.45, 2.75) is 18.1 Å². The largest absolute Gasteiger partial charge is 0.427 e. The Morgan fingerprint density at radius 3 is 2.57 bits per heavy atom. The number of hydrogen-bond acceptors (Lipinski definition) is 3. The van der Waals surface area contributed by atoms with Crippen LogP contribution < -0.4 is 5.32 Å². The molecule has 2 atom stereocenters. The molecule has 1 saturated heterocycles. The van der Waals surface area contributed by atoms with E-state index in [1.54, 1.807) is 11.9 Å². The average Bonchev–Trinajstić information content (AvgIpc) is 2.84. The Balaban J connectivity index is 1.82. The van der Waals surface area contributed by atoms with Crippen molar-refractivity contribution in [2.24, 2.45) is 0 Å². The summed E-state index contributed by atoms with van der Waals surface area (Å²) >= 11 is 0. The molecule has 2 aromatic rings. The molecule has 1 spiro atoms. The first-order valence-corrected chi connectivity index (χ1v) is 7.53. The monoisotopic (exact) mass is 308 g/mol. The highest BCUT2D eigenvalue weighted by molar-refractivity contribution is 6.06. The molecule has 116 valence electrons. The van der Waals surface area contributed by atoms with Crippen LogP contribution >= 0.6 is 0 Å². The van der Waals surface area contributed by atoms with Gasteiger partial charge in [-0.3, -0.25) is 4.79 Å². The lowest BCUT2D eigenvalue weighted by molar-refractivity contribution is -0.142. The molecule has 5 heteroatoms. The summed E-state index contributed by atoms with van der Waals surface area (Å²) < 4.78 is 5.61. The summed E-state index contributed by atoms with van der Waals surface area (Å²) in [5, 5.41) is 2.83. The highest BCUT2D eigenvalue weighted by Crippen LogP contribution is 2.48. The van der Waals surface area contributed by atoms with E-state index in [0.29, 0.717) is 12.1 Å². The predicted molar refractivity (Wildman–Crippen MR) is 84.8 cm³/mol. The molecule has 0 aromatic heterocycles. The Kier molecular flexibility index (Phi) is 2.91. The van der Waals surface area contributed by atoms with Gasteiger partial charge in [-0.2, -0.15) is 0 Å². The molecule has 2 heterocycles. The molecule has 1 N–H and O–H groups in total. The van der Waals surface area contributed by atoms with Crippen molar-refractivity contribution in [3.8, 4) is 0 Å². The summed E-state index contributed by atoms with van der Waals surface area (Å²) in [6.45, 7) is 0. The SMILES string of the molecule is CN1C(=O)O[C@@]2(C[C@@H]1c1ccccc1)C(=O)Nc1ccccc12. The molecule has 2 aliphatic rings. The molecule has 0 aliphatic carbocycles. The average molecular weight is 308 g/mol. The van der Waals surface area contributed by atoms with Gasteiger partial charge in [0.25, 0.3) is 5.91 Å². The highest BCUT2D eigenvalue weighted by atomic mass is 16.6. The van der Waals surface area contributed by atoms with Gasteiger partial charge in [-0.15, -0.1) is 0 Å². The number of para-hydroxylation sites is 1. The Morgan fingerprint density at radius 1 is 1.09 bits per heavy atom. The van der Waals surface area contributed by atoms with Crippen LogP contribution in [0.1, 0.15) is 23.6 Å². The van der Waals surface area contributed by atoms with Gasteiger partial charge in [0.1, 0.15) is 0 Å². The van der Waals surface area contributed by atoms with Crippen molar-refractivity contribution < 1.29 is 14.3 Å². The van der Waals surface area contributed by atoms with Gasteiger partial charge < -0.3 is 15.0 Å². The minimum absolute atomic E-state index is 0.214. The van der Waals surface area contributed by atoms with Crippen molar-refractivity contribution in [3.63, 3.8) is 0 Å². The van der Waals surface area contributed by atoms with Crippen LogP contribution in [0.2, 0.25) is 0 Å². The van der Waals surface area contributed by atoms with Gasteiger partial charge >= 0.3 is 6.09 Å². The smallest absolute Gasteiger partial charge is 0.411 e. The van der Waals surface area contributed by atoms with Crippen LogP contribution in [0, 0.1) is 0 Å². The Bertz CT molecular complexity index is 790. The number of carbonyl (C=O) groups is 2. The van der Waals surface area contributed by atoms with Gasteiger partial charge in [-0.05, 0) is 11.6 Å². The van der Waals surface area contributed by atoms with Crippen LogP contribution in [0.3, 0.4) is 0 Å². The van der Waals surface area contributed by atoms with Crippen LogP contribution in [0.25, 0.3) is 0 Å². The van der Waals surface area contributed by atoms with E-state index in [0.717, 1.165) is 11.1 Å². The first-order valence-electron chi connectivity index (χ1n) is 7.53. The Morgan fingerprint density at radius 2 is 1.78 bits per heavy atom. The number of ether oxygens (including phenoxy) is 1. The number of amides is 2. The van der Waals surface area contributed by atoms with Crippen molar-refractivity contribution in [1.29, 1.82) is 0 Å². The highest BCUT2D eigenvalue weighted by Gasteiger charge is 2.55. The van der Waals surface area contributed by atoms with E-state index in [-0.39, 0.29) is 11.9 Å². The maximum atomic E-state index is 12.6. The lowest BCUT2D eigenvalue weighted by Gasteiger charge is -2.41. The van der Waals surface area contributed by atoms with Crippen molar-refractivity contribution in [3.05, 3.63) is 65.7 Å². The van der Waals surface area contributed by atoms with E-state index >= 15 is 0 Å². The summed E-state index contributed by atoms with van der Waals surface area (Å²) in [6, 6.07) is 16.9. The van der Waals surface area contributed by atoms with E-state index in [9.17, 15) is 9.59 Å². The molecule has 5 nitrogen and oxygen atoms in total. The first-order chi connectivity index (χ1) is 11.1. The Labute approximate surface area is 133 Å². The summed E-state index contributed by atoms with van der Waals surface area (Å²) in [4.78, 5) is 26.6. The van der Waals surface area contributed by atoms with Crippen LogP contribution in [-0.4, -0.2) is 23.9 Å². The predicted octanol–water partition coefficient (Wildman–Crippen LogP) is 3.05. The molecule has 2 amide bonds. The topological polar surface area (TPSA) is 58.6 Å². The van der Waals surface area contributed by atoms with Gasteiger partial charge in [0.2, 0.25) is 5.60 Å². The molecule has 4 rings (SSSR count). The standard InChI is InChI=1S/C18H16N2O3/c1-20-15(12-7-3-2-4-8-12)11-18(23-17(20)22)13-9-5-6-10-14(13)19-16(18)21/h2-10,15H,11H2,1H3,(H,19,21)/t15-,18-/m1/s1. The summed E-state index contributed by atoms with van der Waals surface area (Å²) in [7, 11) is 1.70. The molecule has 0 bridgehead atoms. The minimum atomic E-state index is -1.25. The summed E-state index contributed by atoms with van der Waals surface area (Å²) in [6.07, 6.45) is -0.0980. The minimum Gasteiger partial charge on any atom is -0.427 e. The van der Waals surface area contributed by atoms with Gasteiger partial charge in [-0.25, -0.2) is 4.79 Å². The third-order valence-electron chi connectivity index (χ3n) is 4.66. The quantitative estimate of drug-likeness (QED) is 0.881. The molecule has 2 aromatic carbocycles. The number of anilines is 1. The normalized spacial score (nSPS) is 26.0. The van der Waals surface area contributed by atoms with E-state index in [1.165, 1.54) is 0 Å². The zero-order chi connectivity index (χ0) is 16.0. The zero-order valence-corrected chi connectivity index (χ0v) is 12.7. The third kappa shape index (κ3) is 1.93. The molecule has 0 radical (unpaired) electrons. The van der Waals surface area contributed by atoms with Gasteiger partial charge in [0.15, 0.2) is 0 Å². The molecule has 23 heavy (non-hydrogen) atoms. The number of nitrogens with zero attached hydrogens (tertiary/aromatic N) is 1. The van der Waals surface area contributed by atoms with Crippen LogP contribution in [0.4, 0.5) is 10.5 Å². The first kappa shape index (κ1) is 13.8. The number of benzene rings is 2. The second kappa shape index (κ2) is 4.84. The maximum Gasteiger partial charge on any atom is 0.411 e.